The molecule has 1 atom stereocenters. The van der Waals surface area contributed by atoms with Crippen LogP contribution >= 0.6 is 11.3 Å². The van der Waals surface area contributed by atoms with Gasteiger partial charge in [-0.1, -0.05) is 0 Å². The number of nitrogens with two attached hydrogens (primary N) is 2. The number of pyridine rings is 1. The minimum absolute atomic E-state index is 0.0384. The van der Waals surface area contributed by atoms with E-state index in [0.717, 1.165) is 37.0 Å². The van der Waals surface area contributed by atoms with Gasteiger partial charge in [0.2, 0.25) is 5.91 Å². The smallest absolute Gasteiger partial charge is 0.260 e. The largest absolute Gasteiger partial charge is 0.397 e. The lowest BCUT2D eigenvalue weighted by Gasteiger charge is -2.34. The molecule has 3 heterocycles. The number of carbonyl (C=O) groups is 2. The van der Waals surface area contributed by atoms with E-state index in [1.807, 2.05) is 6.07 Å². The molecule has 1 unspecified atom stereocenters. The second-order valence-electron chi connectivity index (χ2n) is 6.98. The molecule has 4 N–H and O–H groups in total. The summed E-state index contributed by atoms with van der Waals surface area (Å²) in [6.07, 6.45) is 3.80. The van der Waals surface area contributed by atoms with Crippen LogP contribution in [-0.2, 0) is 9.53 Å². The molecular weight excluding hydrogens is 366 g/mol. The Labute approximate surface area is 162 Å². The number of nitrogens with zero attached hydrogens (tertiary/aromatic N) is 3. The van der Waals surface area contributed by atoms with E-state index < -0.39 is 5.91 Å². The molecule has 3 rings (SSSR count). The number of amides is 2. The molecule has 8 nitrogen and oxygen atoms in total. The van der Waals surface area contributed by atoms with E-state index in [-0.39, 0.29) is 12.5 Å². The van der Waals surface area contributed by atoms with Gasteiger partial charge >= 0.3 is 0 Å². The average Bonchev–Trinajstić information content (AvgIpc) is 2.99. The third-order valence-corrected chi connectivity index (χ3v) is 5.90. The van der Waals surface area contributed by atoms with Crippen LogP contribution in [0, 0.1) is 5.92 Å². The molecule has 1 aliphatic heterocycles. The van der Waals surface area contributed by atoms with Gasteiger partial charge in [-0.3, -0.25) is 9.59 Å². The van der Waals surface area contributed by atoms with E-state index in [2.05, 4.69) is 9.88 Å². The molecule has 27 heavy (non-hydrogen) atoms. The number of piperidine rings is 1. The van der Waals surface area contributed by atoms with Crippen LogP contribution in [0.15, 0.2) is 12.3 Å². The van der Waals surface area contributed by atoms with Crippen LogP contribution in [0.3, 0.4) is 0 Å². The molecule has 0 radical (unpaired) electrons. The molecular formula is C18H25N5O3S. The van der Waals surface area contributed by atoms with Crippen LogP contribution in [0.2, 0.25) is 0 Å². The molecule has 0 aromatic carbocycles. The van der Waals surface area contributed by atoms with Gasteiger partial charge in [0.05, 0.1) is 23.4 Å². The van der Waals surface area contributed by atoms with Crippen molar-refractivity contribution in [2.75, 3.05) is 51.0 Å². The summed E-state index contributed by atoms with van der Waals surface area (Å²) in [5.74, 6) is -0.243. The number of thiophene rings is 1. The maximum atomic E-state index is 11.6. The van der Waals surface area contributed by atoms with Gasteiger partial charge in [-0.2, -0.15) is 0 Å². The Morgan fingerprint density at radius 3 is 2.93 bits per heavy atom. The highest BCUT2D eigenvalue weighted by molar-refractivity contribution is 7.21. The number of likely N-dealkylation sites (N-methyl/N-ethyl adjacent to an activating group) is 1. The first-order valence-electron chi connectivity index (χ1n) is 8.88. The van der Waals surface area contributed by atoms with Crippen molar-refractivity contribution in [2.24, 2.45) is 11.7 Å². The van der Waals surface area contributed by atoms with E-state index in [9.17, 15) is 9.59 Å². The van der Waals surface area contributed by atoms with Crippen molar-refractivity contribution in [1.82, 2.24) is 9.88 Å². The Bertz CT molecular complexity index is 851. The van der Waals surface area contributed by atoms with E-state index in [1.54, 1.807) is 20.3 Å². The van der Waals surface area contributed by atoms with Gasteiger partial charge in [-0.15, -0.1) is 11.3 Å². The summed E-state index contributed by atoms with van der Waals surface area (Å²) in [5, 5.41) is 0.792. The van der Waals surface area contributed by atoms with Crippen LogP contribution < -0.4 is 16.4 Å². The SMILES string of the molecule is CN(C)C(=O)COCC1CCCN(c2ccnc3sc(C(N)=O)c(N)c23)C1. The standard InChI is InChI=1S/C18H25N5O3S/c1-22(2)13(24)10-26-9-11-4-3-7-23(8-11)12-5-6-21-18-14(12)15(19)16(27-18)17(20)25/h5-6,11H,3-4,7-10,19H2,1-2H3,(H2,20,25). The van der Waals surface area contributed by atoms with E-state index in [0.29, 0.717) is 27.9 Å². The van der Waals surface area contributed by atoms with Gasteiger partial charge in [-0.25, -0.2) is 4.98 Å². The zero-order valence-corrected chi connectivity index (χ0v) is 16.4. The molecule has 1 saturated heterocycles. The maximum Gasteiger partial charge on any atom is 0.260 e. The third kappa shape index (κ3) is 4.14. The molecule has 0 aliphatic carbocycles. The zero-order chi connectivity index (χ0) is 19.6. The molecule has 0 spiro atoms. The molecule has 2 aromatic rings. The van der Waals surface area contributed by atoms with E-state index in [4.69, 9.17) is 16.2 Å². The van der Waals surface area contributed by atoms with Crippen molar-refractivity contribution in [1.29, 1.82) is 0 Å². The minimum Gasteiger partial charge on any atom is -0.397 e. The minimum atomic E-state index is -0.531. The van der Waals surface area contributed by atoms with Gasteiger partial charge < -0.3 is 26.0 Å². The van der Waals surface area contributed by atoms with Crippen molar-refractivity contribution in [2.45, 2.75) is 12.8 Å². The van der Waals surface area contributed by atoms with Gasteiger partial charge in [0, 0.05) is 33.4 Å². The van der Waals surface area contributed by atoms with Crippen molar-refractivity contribution >= 4 is 44.7 Å². The van der Waals surface area contributed by atoms with E-state index in [1.165, 1.54) is 16.2 Å². The fourth-order valence-electron chi connectivity index (χ4n) is 3.34. The molecule has 146 valence electrons. The number of carbonyl (C=O) groups excluding carboxylic acids is 2. The number of nitrogen functional groups attached to an aromatic ring is 1. The summed E-state index contributed by atoms with van der Waals surface area (Å²) < 4.78 is 5.61. The molecule has 0 bridgehead atoms. The topological polar surface area (TPSA) is 115 Å². The molecule has 2 aromatic heterocycles. The Morgan fingerprint density at radius 1 is 1.44 bits per heavy atom. The van der Waals surface area contributed by atoms with Crippen LogP contribution in [-0.4, -0.2) is 62.1 Å². The summed E-state index contributed by atoms with van der Waals surface area (Å²) in [5.41, 5.74) is 13.0. The van der Waals surface area contributed by atoms with Crippen LogP contribution in [0.4, 0.5) is 11.4 Å². The summed E-state index contributed by atoms with van der Waals surface area (Å²) in [6.45, 7) is 2.34. The fraction of sp³-hybridized carbons (Fsp3) is 0.500. The Morgan fingerprint density at radius 2 is 2.22 bits per heavy atom. The molecule has 0 saturated carbocycles. The van der Waals surface area contributed by atoms with E-state index >= 15 is 0 Å². The third-order valence-electron chi connectivity index (χ3n) is 4.77. The van der Waals surface area contributed by atoms with Crippen LogP contribution in [0.1, 0.15) is 22.5 Å². The van der Waals surface area contributed by atoms with Gasteiger partial charge in [0.25, 0.3) is 5.91 Å². The lowest BCUT2D eigenvalue weighted by molar-refractivity contribution is -0.134. The molecule has 9 heteroatoms. The first-order chi connectivity index (χ1) is 12.9. The number of hydrogen-bond acceptors (Lipinski definition) is 7. The lowest BCUT2D eigenvalue weighted by Crippen LogP contribution is -2.38. The number of aromatic nitrogens is 1. The Kier molecular flexibility index (Phi) is 5.81. The van der Waals surface area contributed by atoms with Crippen molar-refractivity contribution < 1.29 is 14.3 Å². The quantitative estimate of drug-likeness (QED) is 0.767. The van der Waals surface area contributed by atoms with Crippen molar-refractivity contribution in [3.05, 3.63) is 17.1 Å². The number of primary amides is 1. The van der Waals surface area contributed by atoms with Gasteiger partial charge in [0.1, 0.15) is 16.3 Å². The normalized spacial score (nSPS) is 17.3. The first-order valence-corrected chi connectivity index (χ1v) is 9.69. The average molecular weight is 391 g/mol. The summed E-state index contributed by atoms with van der Waals surface area (Å²) in [6, 6.07) is 1.93. The monoisotopic (exact) mass is 391 g/mol. The van der Waals surface area contributed by atoms with Crippen molar-refractivity contribution in [3.8, 4) is 0 Å². The highest BCUT2D eigenvalue weighted by Gasteiger charge is 2.25. The molecule has 1 aliphatic rings. The number of fused-ring (bicyclic) bond motifs is 1. The number of anilines is 2. The predicted octanol–water partition coefficient (Wildman–Crippen LogP) is 1.30. The number of ether oxygens (including phenoxy) is 1. The van der Waals surface area contributed by atoms with Crippen molar-refractivity contribution in [3.63, 3.8) is 0 Å². The van der Waals surface area contributed by atoms with Crippen LogP contribution in [0.5, 0.6) is 0 Å². The maximum absolute atomic E-state index is 11.6. The van der Waals surface area contributed by atoms with Gasteiger partial charge in [0.15, 0.2) is 0 Å². The fourth-order valence-corrected chi connectivity index (χ4v) is 4.27. The number of rotatable bonds is 6. The molecule has 2 amide bonds. The Hall–Kier alpha value is -2.39. The zero-order valence-electron chi connectivity index (χ0n) is 15.6. The predicted molar refractivity (Wildman–Crippen MR) is 107 cm³/mol. The highest BCUT2D eigenvalue weighted by Crippen LogP contribution is 2.39. The second kappa shape index (κ2) is 8.10. The summed E-state index contributed by atoms with van der Waals surface area (Å²) >= 11 is 1.23. The Balaban J connectivity index is 1.74. The lowest BCUT2D eigenvalue weighted by atomic mass is 9.98. The van der Waals surface area contributed by atoms with Crippen LogP contribution in [0.25, 0.3) is 10.2 Å². The second-order valence-corrected chi connectivity index (χ2v) is 7.98. The summed E-state index contributed by atoms with van der Waals surface area (Å²) in [7, 11) is 3.43. The summed E-state index contributed by atoms with van der Waals surface area (Å²) in [4.78, 5) is 32.4. The number of hydrogen-bond donors (Lipinski definition) is 2. The first kappa shape index (κ1) is 19.4. The van der Waals surface area contributed by atoms with Gasteiger partial charge in [-0.05, 0) is 24.8 Å². The molecule has 1 fully saturated rings. The highest BCUT2D eigenvalue weighted by atomic mass is 32.1.